The first kappa shape index (κ1) is 12.9. The highest BCUT2D eigenvalue weighted by atomic mass is 15.3. The van der Waals surface area contributed by atoms with Gasteiger partial charge in [-0.2, -0.15) is 0 Å². The van der Waals surface area contributed by atoms with Crippen molar-refractivity contribution in [2.45, 2.75) is 39.3 Å². The van der Waals surface area contributed by atoms with Crippen LogP contribution in [0.3, 0.4) is 0 Å². The fourth-order valence-corrected chi connectivity index (χ4v) is 2.30. The molecule has 0 radical (unpaired) electrons. The van der Waals surface area contributed by atoms with E-state index in [1.165, 1.54) is 39.1 Å². The van der Waals surface area contributed by atoms with Gasteiger partial charge in [-0.3, -0.25) is 4.90 Å². The van der Waals surface area contributed by atoms with E-state index in [-0.39, 0.29) is 0 Å². The molecule has 0 amide bonds. The second-order valence-corrected chi connectivity index (χ2v) is 4.74. The fourth-order valence-electron chi connectivity index (χ4n) is 2.30. The second kappa shape index (κ2) is 6.46. The van der Waals surface area contributed by atoms with Crippen molar-refractivity contribution in [3.05, 3.63) is 0 Å². The topological polar surface area (TPSA) is 18.5 Å². The standard InChI is InChI=1S/C12H27N3/c1-5-14-6-8-15(9-7-14)12(3)10-11(2)13-4/h11-13H,5-10H2,1-4H3. The summed E-state index contributed by atoms with van der Waals surface area (Å²) in [6, 6.07) is 1.34. The number of nitrogens with zero attached hydrogens (tertiary/aromatic N) is 2. The zero-order valence-electron chi connectivity index (χ0n) is 10.8. The molecule has 1 saturated heterocycles. The molecule has 1 rings (SSSR count). The number of likely N-dealkylation sites (N-methyl/N-ethyl adjacent to an activating group) is 1. The molecule has 1 heterocycles. The number of hydrogen-bond donors (Lipinski definition) is 1. The SMILES string of the molecule is CCN1CCN(C(C)CC(C)NC)CC1. The van der Waals surface area contributed by atoms with Crippen LogP contribution in [0.2, 0.25) is 0 Å². The van der Waals surface area contributed by atoms with Crippen LogP contribution >= 0.6 is 0 Å². The van der Waals surface area contributed by atoms with Crippen molar-refractivity contribution in [2.75, 3.05) is 39.8 Å². The summed E-state index contributed by atoms with van der Waals surface area (Å²) in [4.78, 5) is 5.16. The normalized spacial score (nSPS) is 24.0. The van der Waals surface area contributed by atoms with Gasteiger partial charge in [0.2, 0.25) is 0 Å². The van der Waals surface area contributed by atoms with Crippen molar-refractivity contribution in [3.8, 4) is 0 Å². The molecule has 2 atom stereocenters. The van der Waals surface area contributed by atoms with Crippen molar-refractivity contribution >= 4 is 0 Å². The Morgan fingerprint density at radius 1 is 1.13 bits per heavy atom. The lowest BCUT2D eigenvalue weighted by Crippen LogP contribution is -2.50. The Morgan fingerprint density at radius 2 is 1.73 bits per heavy atom. The molecule has 3 heteroatoms. The van der Waals surface area contributed by atoms with E-state index in [2.05, 4.69) is 35.9 Å². The van der Waals surface area contributed by atoms with E-state index in [1.54, 1.807) is 0 Å². The van der Waals surface area contributed by atoms with Crippen LogP contribution in [0.4, 0.5) is 0 Å². The minimum absolute atomic E-state index is 0.629. The van der Waals surface area contributed by atoms with Crippen LogP contribution in [0.15, 0.2) is 0 Å². The molecule has 15 heavy (non-hydrogen) atoms. The predicted molar refractivity (Wildman–Crippen MR) is 66.3 cm³/mol. The lowest BCUT2D eigenvalue weighted by molar-refractivity contribution is 0.0986. The third kappa shape index (κ3) is 4.09. The van der Waals surface area contributed by atoms with Gasteiger partial charge in [-0.15, -0.1) is 0 Å². The van der Waals surface area contributed by atoms with Crippen LogP contribution in [0, 0.1) is 0 Å². The number of hydrogen-bond acceptors (Lipinski definition) is 3. The van der Waals surface area contributed by atoms with Crippen LogP contribution < -0.4 is 5.32 Å². The molecule has 90 valence electrons. The fraction of sp³-hybridized carbons (Fsp3) is 1.00. The summed E-state index contributed by atoms with van der Waals surface area (Å²) in [5.41, 5.74) is 0. The van der Waals surface area contributed by atoms with Gasteiger partial charge in [-0.25, -0.2) is 0 Å². The summed E-state index contributed by atoms with van der Waals surface area (Å²) in [7, 11) is 2.05. The first-order chi connectivity index (χ1) is 7.17. The molecule has 0 bridgehead atoms. The zero-order valence-corrected chi connectivity index (χ0v) is 10.8. The first-order valence-corrected chi connectivity index (χ1v) is 6.31. The third-order valence-corrected chi connectivity index (χ3v) is 3.66. The molecule has 1 fully saturated rings. The summed E-state index contributed by atoms with van der Waals surface area (Å²) in [5, 5.41) is 3.32. The summed E-state index contributed by atoms with van der Waals surface area (Å²) in [5.74, 6) is 0. The van der Waals surface area contributed by atoms with Crippen molar-refractivity contribution in [1.82, 2.24) is 15.1 Å². The van der Waals surface area contributed by atoms with E-state index in [0.717, 1.165) is 0 Å². The lowest BCUT2D eigenvalue weighted by Gasteiger charge is -2.38. The molecule has 1 aliphatic heterocycles. The molecule has 0 saturated carbocycles. The predicted octanol–water partition coefficient (Wildman–Crippen LogP) is 1.01. The second-order valence-electron chi connectivity index (χ2n) is 4.74. The molecular formula is C12H27N3. The monoisotopic (exact) mass is 213 g/mol. The Bertz CT molecular complexity index is 164. The summed E-state index contributed by atoms with van der Waals surface area (Å²) < 4.78 is 0. The average Bonchev–Trinajstić information content (AvgIpc) is 2.29. The highest BCUT2D eigenvalue weighted by Gasteiger charge is 2.20. The molecule has 3 nitrogen and oxygen atoms in total. The molecule has 2 unspecified atom stereocenters. The molecular weight excluding hydrogens is 186 g/mol. The Morgan fingerprint density at radius 3 is 2.20 bits per heavy atom. The van der Waals surface area contributed by atoms with Gasteiger partial charge in [0, 0.05) is 38.3 Å². The maximum absolute atomic E-state index is 3.32. The zero-order chi connectivity index (χ0) is 11.3. The van der Waals surface area contributed by atoms with Crippen molar-refractivity contribution in [2.24, 2.45) is 0 Å². The Balaban J connectivity index is 2.26. The van der Waals surface area contributed by atoms with Crippen LogP contribution in [0.25, 0.3) is 0 Å². The Kier molecular flexibility index (Phi) is 5.58. The van der Waals surface area contributed by atoms with E-state index < -0.39 is 0 Å². The molecule has 0 aromatic carbocycles. The quantitative estimate of drug-likeness (QED) is 0.735. The van der Waals surface area contributed by atoms with Gasteiger partial charge < -0.3 is 10.2 Å². The van der Waals surface area contributed by atoms with Crippen LogP contribution in [0.1, 0.15) is 27.2 Å². The molecule has 0 aromatic rings. The summed E-state index contributed by atoms with van der Waals surface area (Å²) in [6.07, 6.45) is 1.25. The van der Waals surface area contributed by atoms with E-state index >= 15 is 0 Å². The Labute approximate surface area is 94.8 Å². The van der Waals surface area contributed by atoms with Gasteiger partial charge in [0.15, 0.2) is 0 Å². The smallest absolute Gasteiger partial charge is 0.0113 e. The maximum atomic E-state index is 3.32. The van der Waals surface area contributed by atoms with Gasteiger partial charge in [-0.1, -0.05) is 6.92 Å². The van der Waals surface area contributed by atoms with Crippen molar-refractivity contribution in [1.29, 1.82) is 0 Å². The van der Waals surface area contributed by atoms with E-state index in [4.69, 9.17) is 0 Å². The highest BCUT2D eigenvalue weighted by Crippen LogP contribution is 2.10. The van der Waals surface area contributed by atoms with Crippen LogP contribution in [-0.4, -0.2) is 61.7 Å². The van der Waals surface area contributed by atoms with Gasteiger partial charge in [0.25, 0.3) is 0 Å². The van der Waals surface area contributed by atoms with Crippen LogP contribution in [-0.2, 0) is 0 Å². The minimum atomic E-state index is 0.629. The molecule has 0 aliphatic carbocycles. The van der Waals surface area contributed by atoms with Gasteiger partial charge >= 0.3 is 0 Å². The number of piperazine rings is 1. The van der Waals surface area contributed by atoms with Gasteiger partial charge in [0.05, 0.1) is 0 Å². The van der Waals surface area contributed by atoms with E-state index in [9.17, 15) is 0 Å². The highest BCUT2D eigenvalue weighted by molar-refractivity contribution is 4.77. The van der Waals surface area contributed by atoms with Crippen LogP contribution in [0.5, 0.6) is 0 Å². The molecule has 1 aliphatic rings. The number of nitrogens with one attached hydrogen (secondary N) is 1. The van der Waals surface area contributed by atoms with E-state index in [0.29, 0.717) is 12.1 Å². The lowest BCUT2D eigenvalue weighted by atomic mass is 10.1. The summed E-state index contributed by atoms with van der Waals surface area (Å²) in [6.45, 7) is 13.0. The minimum Gasteiger partial charge on any atom is -0.317 e. The molecule has 1 N–H and O–H groups in total. The van der Waals surface area contributed by atoms with Gasteiger partial charge in [0.1, 0.15) is 0 Å². The van der Waals surface area contributed by atoms with Crippen molar-refractivity contribution < 1.29 is 0 Å². The maximum Gasteiger partial charge on any atom is 0.0113 e. The summed E-state index contributed by atoms with van der Waals surface area (Å²) >= 11 is 0. The third-order valence-electron chi connectivity index (χ3n) is 3.66. The molecule has 0 spiro atoms. The molecule has 0 aromatic heterocycles. The average molecular weight is 213 g/mol. The van der Waals surface area contributed by atoms with E-state index in [1.807, 2.05) is 7.05 Å². The number of rotatable bonds is 5. The van der Waals surface area contributed by atoms with Gasteiger partial charge in [-0.05, 0) is 33.9 Å². The van der Waals surface area contributed by atoms with Crippen molar-refractivity contribution in [3.63, 3.8) is 0 Å². The Hall–Kier alpha value is -0.120. The largest absolute Gasteiger partial charge is 0.317 e. The first-order valence-electron chi connectivity index (χ1n) is 6.31.